The predicted molar refractivity (Wildman–Crippen MR) is 74.5 cm³/mol. The number of hydrogen-bond donors (Lipinski definition) is 2. The number of carboxylic acid groups (broad SMARTS) is 1. The Kier molecular flexibility index (Phi) is 3.29. The number of aromatic carboxylic acids is 1. The second-order valence-electron chi connectivity index (χ2n) is 4.39. The molecule has 1 aliphatic heterocycles. The Bertz CT molecular complexity index is 730. The fourth-order valence-corrected chi connectivity index (χ4v) is 1.97. The van der Waals surface area contributed by atoms with Crippen molar-refractivity contribution in [3.05, 3.63) is 71.7 Å². The molecule has 106 valence electrons. The summed E-state index contributed by atoms with van der Waals surface area (Å²) in [5, 5.41) is 10.5. The Morgan fingerprint density at radius 2 is 2.00 bits per heavy atom. The van der Waals surface area contributed by atoms with Crippen LogP contribution in [0.1, 0.15) is 15.9 Å². The van der Waals surface area contributed by atoms with E-state index in [1.807, 2.05) is 0 Å². The summed E-state index contributed by atoms with van der Waals surface area (Å²) in [7, 11) is 0. The molecule has 21 heavy (non-hydrogen) atoms. The molecule has 0 atom stereocenters. The van der Waals surface area contributed by atoms with Gasteiger partial charge < -0.3 is 9.94 Å². The molecule has 0 saturated heterocycles. The molecular weight excluding hydrogens is 275 g/mol. The Hall–Kier alpha value is -2.86. The van der Waals surface area contributed by atoms with E-state index >= 15 is 0 Å². The van der Waals surface area contributed by atoms with Crippen molar-refractivity contribution >= 4 is 17.4 Å². The normalized spacial score (nSPS) is 13.8. The van der Waals surface area contributed by atoms with Crippen LogP contribution in [0.3, 0.4) is 0 Å². The molecule has 1 aliphatic rings. The molecule has 0 aliphatic carbocycles. The third kappa shape index (κ3) is 2.56. The van der Waals surface area contributed by atoms with Crippen LogP contribution in [0.15, 0.2) is 54.7 Å². The van der Waals surface area contributed by atoms with Gasteiger partial charge in [-0.2, -0.15) is 0 Å². The molecule has 6 heteroatoms. The van der Waals surface area contributed by atoms with Crippen molar-refractivity contribution in [1.82, 2.24) is 5.59 Å². The smallest absolute Gasteiger partial charge is 0.335 e. The number of carboxylic acids is 1. The quantitative estimate of drug-likeness (QED) is 0.908. The molecule has 1 heterocycles. The van der Waals surface area contributed by atoms with Crippen molar-refractivity contribution in [2.24, 2.45) is 0 Å². The lowest BCUT2D eigenvalue weighted by molar-refractivity contribution is 0.0697. The van der Waals surface area contributed by atoms with E-state index in [1.54, 1.807) is 36.5 Å². The van der Waals surface area contributed by atoms with Crippen LogP contribution in [0.25, 0.3) is 5.76 Å². The first-order valence-corrected chi connectivity index (χ1v) is 6.17. The minimum absolute atomic E-state index is 0.155. The Morgan fingerprint density at radius 3 is 2.76 bits per heavy atom. The summed E-state index contributed by atoms with van der Waals surface area (Å²) in [4.78, 5) is 16.2. The molecule has 3 rings (SSSR count). The average molecular weight is 286 g/mol. The summed E-state index contributed by atoms with van der Waals surface area (Å²) >= 11 is 0. The number of benzene rings is 2. The van der Waals surface area contributed by atoms with Gasteiger partial charge in [0.15, 0.2) is 5.76 Å². The van der Waals surface area contributed by atoms with E-state index in [9.17, 15) is 9.18 Å². The summed E-state index contributed by atoms with van der Waals surface area (Å²) in [6.45, 7) is 0. The minimum Gasteiger partial charge on any atom is -0.478 e. The van der Waals surface area contributed by atoms with Gasteiger partial charge in [-0.25, -0.2) is 14.2 Å². The SMILES string of the molecule is O=C(O)c1cccc(N2C=C(c3ccccc3F)ON2)c1. The summed E-state index contributed by atoms with van der Waals surface area (Å²) in [6.07, 6.45) is 1.55. The zero-order valence-corrected chi connectivity index (χ0v) is 10.8. The van der Waals surface area contributed by atoms with Crippen molar-refractivity contribution in [2.75, 3.05) is 5.01 Å². The molecule has 2 N–H and O–H groups in total. The number of hydrogen-bond acceptors (Lipinski definition) is 4. The average Bonchev–Trinajstić information content (AvgIpc) is 2.97. The van der Waals surface area contributed by atoms with E-state index in [0.29, 0.717) is 17.0 Å². The van der Waals surface area contributed by atoms with Gasteiger partial charge in [-0.15, -0.1) is 0 Å². The first kappa shape index (κ1) is 13.1. The van der Waals surface area contributed by atoms with Crippen LogP contribution in [0, 0.1) is 5.82 Å². The first-order valence-electron chi connectivity index (χ1n) is 6.17. The van der Waals surface area contributed by atoms with Crippen LogP contribution in [-0.4, -0.2) is 11.1 Å². The highest BCUT2D eigenvalue weighted by atomic mass is 19.1. The third-order valence-electron chi connectivity index (χ3n) is 3.01. The van der Waals surface area contributed by atoms with E-state index < -0.39 is 11.8 Å². The van der Waals surface area contributed by atoms with Gasteiger partial charge in [0.1, 0.15) is 5.82 Å². The number of nitrogens with zero attached hydrogens (tertiary/aromatic N) is 1. The van der Waals surface area contributed by atoms with Crippen LogP contribution in [-0.2, 0) is 4.84 Å². The summed E-state index contributed by atoms with van der Waals surface area (Å²) in [5.41, 5.74) is 3.64. The maximum Gasteiger partial charge on any atom is 0.335 e. The lowest BCUT2D eigenvalue weighted by Crippen LogP contribution is -2.27. The highest BCUT2D eigenvalue weighted by Crippen LogP contribution is 2.26. The summed E-state index contributed by atoms with van der Waals surface area (Å²) in [5.74, 6) is -1.10. The molecule has 5 nitrogen and oxygen atoms in total. The van der Waals surface area contributed by atoms with Gasteiger partial charge in [-0.1, -0.05) is 23.8 Å². The number of halogens is 1. The van der Waals surface area contributed by atoms with Gasteiger partial charge in [-0.05, 0) is 30.3 Å². The molecule has 0 unspecified atom stereocenters. The highest BCUT2D eigenvalue weighted by Gasteiger charge is 2.19. The van der Waals surface area contributed by atoms with Crippen LogP contribution in [0.5, 0.6) is 0 Å². The highest BCUT2D eigenvalue weighted by molar-refractivity contribution is 5.89. The maximum atomic E-state index is 13.7. The van der Waals surface area contributed by atoms with Crippen LogP contribution >= 0.6 is 0 Å². The van der Waals surface area contributed by atoms with E-state index in [-0.39, 0.29) is 5.56 Å². The molecule has 0 amide bonds. The summed E-state index contributed by atoms with van der Waals surface area (Å²) < 4.78 is 13.7. The van der Waals surface area contributed by atoms with E-state index in [2.05, 4.69) is 5.59 Å². The van der Waals surface area contributed by atoms with Gasteiger partial charge in [0, 0.05) is 0 Å². The first-order chi connectivity index (χ1) is 10.1. The Morgan fingerprint density at radius 1 is 1.19 bits per heavy atom. The largest absolute Gasteiger partial charge is 0.478 e. The fourth-order valence-electron chi connectivity index (χ4n) is 1.97. The van der Waals surface area contributed by atoms with Crippen molar-refractivity contribution in [1.29, 1.82) is 0 Å². The molecule has 0 bridgehead atoms. The number of carbonyl (C=O) groups is 1. The zero-order chi connectivity index (χ0) is 14.8. The van der Waals surface area contributed by atoms with Gasteiger partial charge in [0.05, 0.1) is 23.0 Å². The van der Waals surface area contributed by atoms with E-state index in [4.69, 9.17) is 9.94 Å². The third-order valence-corrected chi connectivity index (χ3v) is 3.01. The number of hydrazine groups is 1. The molecular formula is C15H11FN2O3. The van der Waals surface area contributed by atoms with Crippen LogP contribution < -0.4 is 10.6 Å². The number of nitrogens with one attached hydrogen (secondary N) is 1. The zero-order valence-electron chi connectivity index (χ0n) is 10.8. The molecule has 0 radical (unpaired) electrons. The fraction of sp³-hybridized carbons (Fsp3) is 0. The molecule has 0 saturated carbocycles. The standard InChI is InChI=1S/C15H11FN2O3/c16-13-7-2-1-6-12(13)14-9-18(17-21-14)11-5-3-4-10(8-11)15(19)20/h1-9,17H,(H,19,20). The lowest BCUT2D eigenvalue weighted by atomic mass is 10.2. The summed E-state index contributed by atoms with van der Waals surface area (Å²) in [6, 6.07) is 12.5. The van der Waals surface area contributed by atoms with Crippen LogP contribution in [0.2, 0.25) is 0 Å². The predicted octanol–water partition coefficient (Wildman–Crippen LogP) is 2.78. The lowest BCUT2D eigenvalue weighted by Gasteiger charge is -2.13. The molecule has 2 aromatic carbocycles. The van der Waals surface area contributed by atoms with E-state index in [1.165, 1.54) is 23.2 Å². The Balaban J connectivity index is 1.91. The van der Waals surface area contributed by atoms with Crippen LogP contribution in [0.4, 0.5) is 10.1 Å². The molecule has 0 spiro atoms. The second kappa shape index (κ2) is 5.26. The van der Waals surface area contributed by atoms with E-state index in [0.717, 1.165) is 0 Å². The van der Waals surface area contributed by atoms with Gasteiger partial charge in [0.2, 0.25) is 0 Å². The topological polar surface area (TPSA) is 61.8 Å². The Labute approximate surface area is 119 Å². The van der Waals surface area contributed by atoms with Crippen molar-refractivity contribution < 1.29 is 19.1 Å². The van der Waals surface area contributed by atoms with Gasteiger partial charge >= 0.3 is 5.97 Å². The van der Waals surface area contributed by atoms with Crippen molar-refractivity contribution in [3.63, 3.8) is 0 Å². The monoisotopic (exact) mass is 286 g/mol. The minimum atomic E-state index is -1.02. The van der Waals surface area contributed by atoms with Crippen molar-refractivity contribution in [2.45, 2.75) is 0 Å². The number of rotatable bonds is 3. The maximum absolute atomic E-state index is 13.7. The molecule has 0 fully saturated rings. The van der Waals surface area contributed by atoms with Crippen molar-refractivity contribution in [3.8, 4) is 0 Å². The second-order valence-corrected chi connectivity index (χ2v) is 4.39. The number of anilines is 1. The molecule has 2 aromatic rings. The van der Waals surface area contributed by atoms with Gasteiger partial charge in [-0.3, -0.25) is 0 Å². The molecule has 0 aromatic heterocycles. The van der Waals surface area contributed by atoms with Gasteiger partial charge in [0.25, 0.3) is 0 Å².